The summed E-state index contributed by atoms with van der Waals surface area (Å²) in [5.74, 6) is 1.82. The first-order valence-electron chi connectivity index (χ1n) is 6.25. The van der Waals surface area contributed by atoms with Crippen LogP contribution in [0, 0.1) is 5.92 Å². The second-order valence-electron chi connectivity index (χ2n) is 4.76. The Hall–Kier alpha value is -0.540. The molecule has 0 bridgehead atoms. The first-order chi connectivity index (χ1) is 8.24. The van der Waals surface area contributed by atoms with Gasteiger partial charge in [-0.25, -0.2) is 0 Å². The Bertz CT molecular complexity index is 376. The van der Waals surface area contributed by atoms with Crippen molar-refractivity contribution in [2.45, 2.75) is 31.7 Å². The standard InChI is InChI=1S/C14H20BrNO/c1-16-14(8-10-4-3-5-10)12-9-11(17-2)6-7-13(12)15/h6-7,9-10,14,16H,3-5,8H2,1-2H3. The number of halogens is 1. The number of hydrogen-bond donors (Lipinski definition) is 1. The molecule has 1 N–H and O–H groups in total. The van der Waals surface area contributed by atoms with Crippen molar-refractivity contribution in [1.82, 2.24) is 5.32 Å². The number of methoxy groups -OCH3 is 1. The van der Waals surface area contributed by atoms with E-state index in [1.54, 1.807) is 7.11 Å². The summed E-state index contributed by atoms with van der Waals surface area (Å²) < 4.78 is 6.47. The topological polar surface area (TPSA) is 21.3 Å². The van der Waals surface area contributed by atoms with Crippen LogP contribution in [0.4, 0.5) is 0 Å². The largest absolute Gasteiger partial charge is 0.497 e. The quantitative estimate of drug-likeness (QED) is 0.890. The van der Waals surface area contributed by atoms with E-state index < -0.39 is 0 Å². The van der Waals surface area contributed by atoms with E-state index >= 15 is 0 Å². The van der Waals surface area contributed by atoms with Gasteiger partial charge in [0.25, 0.3) is 0 Å². The molecule has 1 atom stereocenters. The monoisotopic (exact) mass is 297 g/mol. The van der Waals surface area contributed by atoms with Gasteiger partial charge in [-0.05, 0) is 43.1 Å². The average Bonchev–Trinajstić information content (AvgIpc) is 2.29. The summed E-state index contributed by atoms with van der Waals surface area (Å²) in [6, 6.07) is 6.61. The molecule has 1 saturated carbocycles. The lowest BCUT2D eigenvalue weighted by molar-refractivity contribution is 0.265. The predicted octanol–water partition coefficient (Wildman–Crippen LogP) is 3.91. The van der Waals surface area contributed by atoms with E-state index in [-0.39, 0.29) is 0 Å². The zero-order chi connectivity index (χ0) is 12.3. The summed E-state index contributed by atoms with van der Waals surface area (Å²) in [6.07, 6.45) is 5.40. The Morgan fingerprint density at radius 2 is 2.24 bits per heavy atom. The van der Waals surface area contributed by atoms with Crippen LogP contribution in [-0.2, 0) is 0 Å². The molecule has 0 spiro atoms. The molecule has 0 aromatic heterocycles. The van der Waals surface area contributed by atoms with Crippen molar-refractivity contribution in [2.24, 2.45) is 5.92 Å². The van der Waals surface area contributed by atoms with Crippen LogP contribution >= 0.6 is 15.9 Å². The molecule has 3 heteroatoms. The number of rotatable bonds is 5. The fourth-order valence-corrected chi connectivity index (χ4v) is 2.90. The van der Waals surface area contributed by atoms with E-state index in [2.05, 4.69) is 33.4 Å². The minimum atomic E-state index is 0.421. The van der Waals surface area contributed by atoms with E-state index in [1.165, 1.54) is 31.2 Å². The highest BCUT2D eigenvalue weighted by Crippen LogP contribution is 2.37. The van der Waals surface area contributed by atoms with Gasteiger partial charge in [0, 0.05) is 10.5 Å². The van der Waals surface area contributed by atoms with Crippen LogP contribution in [0.1, 0.15) is 37.3 Å². The van der Waals surface area contributed by atoms with Gasteiger partial charge in [0.2, 0.25) is 0 Å². The van der Waals surface area contributed by atoms with Crippen LogP contribution in [0.5, 0.6) is 5.75 Å². The Balaban J connectivity index is 2.15. The number of ether oxygens (including phenoxy) is 1. The van der Waals surface area contributed by atoms with E-state index in [9.17, 15) is 0 Å². The molecule has 0 saturated heterocycles. The summed E-state index contributed by atoms with van der Waals surface area (Å²) in [4.78, 5) is 0. The lowest BCUT2D eigenvalue weighted by atomic mass is 9.79. The molecule has 17 heavy (non-hydrogen) atoms. The summed E-state index contributed by atoms with van der Waals surface area (Å²) in [5.41, 5.74) is 1.30. The van der Waals surface area contributed by atoms with Crippen LogP contribution < -0.4 is 10.1 Å². The van der Waals surface area contributed by atoms with Crippen LogP contribution in [0.2, 0.25) is 0 Å². The molecular formula is C14H20BrNO. The lowest BCUT2D eigenvalue weighted by Gasteiger charge is -2.30. The molecule has 0 aliphatic heterocycles. The number of nitrogens with one attached hydrogen (secondary N) is 1. The highest BCUT2D eigenvalue weighted by molar-refractivity contribution is 9.10. The van der Waals surface area contributed by atoms with Gasteiger partial charge in [-0.1, -0.05) is 35.2 Å². The maximum Gasteiger partial charge on any atom is 0.119 e. The molecule has 1 aliphatic rings. The van der Waals surface area contributed by atoms with Gasteiger partial charge < -0.3 is 10.1 Å². The van der Waals surface area contributed by atoms with Crippen molar-refractivity contribution >= 4 is 15.9 Å². The molecule has 1 aromatic carbocycles. The fraction of sp³-hybridized carbons (Fsp3) is 0.571. The Labute approximate surface area is 112 Å². The van der Waals surface area contributed by atoms with Crippen molar-refractivity contribution in [1.29, 1.82) is 0 Å². The molecule has 2 rings (SSSR count). The van der Waals surface area contributed by atoms with Gasteiger partial charge >= 0.3 is 0 Å². The maximum absolute atomic E-state index is 5.30. The average molecular weight is 298 g/mol. The Kier molecular flexibility index (Phi) is 4.46. The SMILES string of the molecule is CNC(CC1CCC1)c1cc(OC)ccc1Br. The normalized spacial score (nSPS) is 17.6. The summed E-state index contributed by atoms with van der Waals surface area (Å²) in [7, 11) is 3.75. The minimum Gasteiger partial charge on any atom is -0.497 e. The van der Waals surface area contributed by atoms with Crippen molar-refractivity contribution in [2.75, 3.05) is 14.2 Å². The van der Waals surface area contributed by atoms with Gasteiger partial charge in [-0.15, -0.1) is 0 Å². The van der Waals surface area contributed by atoms with E-state index in [4.69, 9.17) is 4.74 Å². The van der Waals surface area contributed by atoms with Crippen LogP contribution in [0.3, 0.4) is 0 Å². The second-order valence-corrected chi connectivity index (χ2v) is 5.62. The van der Waals surface area contributed by atoms with Gasteiger partial charge in [0.1, 0.15) is 5.75 Å². The fourth-order valence-electron chi connectivity index (χ4n) is 2.38. The first kappa shape index (κ1) is 12.9. The van der Waals surface area contributed by atoms with Gasteiger partial charge in [0.05, 0.1) is 7.11 Å². The van der Waals surface area contributed by atoms with Crippen molar-refractivity contribution in [3.8, 4) is 5.75 Å². The van der Waals surface area contributed by atoms with Crippen LogP contribution in [0.25, 0.3) is 0 Å². The molecule has 0 radical (unpaired) electrons. The Morgan fingerprint density at radius 3 is 2.76 bits per heavy atom. The van der Waals surface area contributed by atoms with E-state index in [0.29, 0.717) is 6.04 Å². The molecule has 1 aliphatic carbocycles. The molecule has 0 heterocycles. The van der Waals surface area contributed by atoms with Crippen LogP contribution in [0.15, 0.2) is 22.7 Å². The van der Waals surface area contributed by atoms with Gasteiger partial charge in [-0.3, -0.25) is 0 Å². The predicted molar refractivity (Wildman–Crippen MR) is 74.5 cm³/mol. The van der Waals surface area contributed by atoms with E-state index in [1.807, 2.05) is 13.1 Å². The summed E-state index contributed by atoms with van der Waals surface area (Å²) >= 11 is 3.64. The third kappa shape index (κ3) is 3.02. The molecule has 1 fully saturated rings. The van der Waals surface area contributed by atoms with E-state index in [0.717, 1.165) is 16.1 Å². The lowest BCUT2D eigenvalue weighted by Crippen LogP contribution is -2.23. The number of hydrogen-bond acceptors (Lipinski definition) is 2. The number of benzene rings is 1. The van der Waals surface area contributed by atoms with Crippen LogP contribution in [-0.4, -0.2) is 14.2 Å². The molecule has 94 valence electrons. The van der Waals surface area contributed by atoms with Crippen molar-refractivity contribution in [3.63, 3.8) is 0 Å². The smallest absolute Gasteiger partial charge is 0.119 e. The van der Waals surface area contributed by atoms with Gasteiger partial charge in [-0.2, -0.15) is 0 Å². The zero-order valence-corrected chi connectivity index (χ0v) is 12.1. The Morgan fingerprint density at radius 1 is 1.47 bits per heavy atom. The van der Waals surface area contributed by atoms with Crippen molar-refractivity contribution in [3.05, 3.63) is 28.2 Å². The summed E-state index contributed by atoms with van der Waals surface area (Å²) in [6.45, 7) is 0. The van der Waals surface area contributed by atoms with Crippen molar-refractivity contribution < 1.29 is 4.74 Å². The second kappa shape index (κ2) is 5.87. The minimum absolute atomic E-state index is 0.421. The third-order valence-corrected chi connectivity index (χ3v) is 4.44. The summed E-state index contributed by atoms with van der Waals surface area (Å²) in [5, 5.41) is 3.42. The first-order valence-corrected chi connectivity index (χ1v) is 7.04. The molecular weight excluding hydrogens is 278 g/mol. The molecule has 1 unspecified atom stereocenters. The zero-order valence-electron chi connectivity index (χ0n) is 10.5. The highest BCUT2D eigenvalue weighted by Gasteiger charge is 2.23. The third-order valence-electron chi connectivity index (χ3n) is 3.72. The highest BCUT2D eigenvalue weighted by atomic mass is 79.9. The molecule has 1 aromatic rings. The molecule has 2 nitrogen and oxygen atoms in total. The maximum atomic E-state index is 5.30. The van der Waals surface area contributed by atoms with Gasteiger partial charge in [0.15, 0.2) is 0 Å². The molecule has 0 amide bonds.